The fraction of sp³-hybridized carbons (Fsp3) is 0.800. The minimum atomic E-state index is 0.389. The molecule has 3 nitrogen and oxygen atoms in total. The van der Waals surface area contributed by atoms with Crippen LogP contribution in [0, 0.1) is 0 Å². The van der Waals surface area contributed by atoms with Crippen molar-refractivity contribution in [3.8, 4) is 0 Å². The predicted octanol–water partition coefficient (Wildman–Crippen LogP) is 0.545. The van der Waals surface area contributed by atoms with Crippen molar-refractivity contribution < 1.29 is 10.0 Å². The number of rotatable bonds is 4. The summed E-state index contributed by atoms with van der Waals surface area (Å²) in [5, 5.41) is 8.93. The minimum Gasteiger partial charge on any atom is -0.285 e. The number of unbranched alkanes of at least 4 members (excludes halogenated alkanes) is 1. The molecular weight excluding hydrogens is 106 g/mol. The molecule has 0 saturated heterocycles. The Kier molecular flexibility index (Phi) is 4.26. The van der Waals surface area contributed by atoms with Crippen molar-refractivity contribution in [1.82, 2.24) is 5.06 Å². The Hall–Kier alpha value is -0.570. The first-order chi connectivity index (χ1) is 3.81. The number of hydroxylamine groups is 2. The molecule has 1 radical (unpaired) electrons. The number of hydrogen-bond donors (Lipinski definition) is 1. The van der Waals surface area contributed by atoms with E-state index in [1.165, 1.54) is 6.41 Å². The molecule has 1 amide bonds. The Balaban J connectivity index is 2.98. The van der Waals surface area contributed by atoms with Crippen molar-refractivity contribution in [2.24, 2.45) is 0 Å². The average molecular weight is 116 g/mol. The van der Waals surface area contributed by atoms with E-state index in [2.05, 4.69) is 0 Å². The van der Waals surface area contributed by atoms with E-state index in [0.29, 0.717) is 11.6 Å². The van der Waals surface area contributed by atoms with Crippen LogP contribution in [0.3, 0.4) is 0 Å². The Bertz CT molecular complexity index is 65.4. The molecule has 8 heavy (non-hydrogen) atoms. The van der Waals surface area contributed by atoms with Gasteiger partial charge in [0.2, 0.25) is 0 Å². The zero-order chi connectivity index (χ0) is 6.41. The van der Waals surface area contributed by atoms with Crippen LogP contribution in [-0.4, -0.2) is 23.2 Å². The predicted molar refractivity (Wildman–Crippen MR) is 29.1 cm³/mol. The maximum Gasteiger partial charge on any atom is 0.337 e. The molecular formula is C5H10NO2. The smallest absolute Gasteiger partial charge is 0.285 e. The zero-order valence-electron chi connectivity index (χ0n) is 4.92. The van der Waals surface area contributed by atoms with Crippen molar-refractivity contribution in [3.05, 3.63) is 0 Å². The van der Waals surface area contributed by atoms with Gasteiger partial charge in [0.05, 0.1) is 0 Å². The first-order valence-corrected chi connectivity index (χ1v) is 2.65. The number of nitrogens with zero attached hydrogens (tertiary/aromatic N) is 1. The van der Waals surface area contributed by atoms with Crippen molar-refractivity contribution in [3.63, 3.8) is 0 Å². The lowest BCUT2D eigenvalue weighted by atomic mass is 10.3. The molecule has 0 aliphatic carbocycles. The molecule has 0 unspecified atom stereocenters. The second-order valence-electron chi connectivity index (χ2n) is 1.57. The Morgan fingerprint density at radius 3 is 2.75 bits per heavy atom. The molecule has 0 heterocycles. The van der Waals surface area contributed by atoms with Gasteiger partial charge >= 0.3 is 6.41 Å². The van der Waals surface area contributed by atoms with E-state index in [-0.39, 0.29) is 0 Å². The van der Waals surface area contributed by atoms with Crippen LogP contribution in [0.15, 0.2) is 0 Å². The molecule has 0 aromatic carbocycles. The monoisotopic (exact) mass is 116 g/mol. The van der Waals surface area contributed by atoms with Crippen LogP contribution in [-0.2, 0) is 4.79 Å². The lowest BCUT2D eigenvalue weighted by Gasteiger charge is -2.03. The van der Waals surface area contributed by atoms with Crippen molar-refractivity contribution in [2.75, 3.05) is 6.54 Å². The Morgan fingerprint density at radius 2 is 2.38 bits per heavy atom. The molecule has 0 bridgehead atoms. The van der Waals surface area contributed by atoms with Crippen LogP contribution in [0.1, 0.15) is 19.8 Å². The summed E-state index contributed by atoms with van der Waals surface area (Å²) in [5.74, 6) is 0. The van der Waals surface area contributed by atoms with Crippen LogP contribution >= 0.6 is 0 Å². The molecule has 3 heteroatoms. The van der Waals surface area contributed by atoms with Gasteiger partial charge in [-0.05, 0) is 6.42 Å². The third-order valence-electron chi connectivity index (χ3n) is 0.829. The molecule has 0 atom stereocenters. The quantitative estimate of drug-likeness (QED) is 0.331. The molecule has 0 rings (SSSR count). The highest BCUT2D eigenvalue weighted by molar-refractivity contribution is 5.45. The summed E-state index contributed by atoms with van der Waals surface area (Å²) in [6.45, 7) is 2.37. The summed E-state index contributed by atoms with van der Waals surface area (Å²) in [6.07, 6.45) is 3.13. The highest BCUT2D eigenvalue weighted by atomic mass is 16.5. The third-order valence-corrected chi connectivity index (χ3v) is 0.829. The van der Waals surface area contributed by atoms with Crippen LogP contribution in [0.2, 0.25) is 0 Å². The van der Waals surface area contributed by atoms with Gasteiger partial charge < -0.3 is 0 Å². The van der Waals surface area contributed by atoms with Gasteiger partial charge in [0.1, 0.15) is 0 Å². The van der Waals surface area contributed by atoms with Crippen LogP contribution < -0.4 is 0 Å². The van der Waals surface area contributed by atoms with E-state index in [9.17, 15) is 4.79 Å². The van der Waals surface area contributed by atoms with Gasteiger partial charge in [0.25, 0.3) is 0 Å². The van der Waals surface area contributed by atoms with Gasteiger partial charge in [0.15, 0.2) is 0 Å². The molecule has 0 fully saturated rings. The first-order valence-electron chi connectivity index (χ1n) is 2.65. The lowest BCUT2D eigenvalue weighted by molar-refractivity contribution is -0.0177. The molecule has 0 aromatic heterocycles. The van der Waals surface area contributed by atoms with Crippen LogP contribution in [0.4, 0.5) is 0 Å². The van der Waals surface area contributed by atoms with Gasteiger partial charge in [-0.3, -0.25) is 10.0 Å². The van der Waals surface area contributed by atoms with Crippen molar-refractivity contribution in [2.45, 2.75) is 19.8 Å². The molecule has 0 saturated carbocycles. The minimum absolute atomic E-state index is 0.389. The van der Waals surface area contributed by atoms with E-state index in [0.717, 1.165) is 12.8 Å². The van der Waals surface area contributed by atoms with Gasteiger partial charge in [-0.1, -0.05) is 13.3 Å². The van der Waals surface area contributed by atoms with E-state index < -0.39 is 0 Å². The number of carbonyl (C=O) groups excluding carboxylic acids is 1. The molecule has 0 aliphatic rings. The molecule has 0 aromatic rings. The second kappa shape index (κ2) is 4.59. The molecule has 0 spiro atoms. The highest BCUT2D eigenvalue weighted by Gasteiger charge is 1.92. The van der Waals surface area contributed by atoms with Crippen molar-refractivity contribution in [1.29, 1.82) is 0 Å². The lowest BCUT2D eigenvalue weighted by Crippen LogP contribution is -2.17. The summed E-state index contributed by atoms with van der Waals surface area (Å²) in [5.41, 5.74) is 0. The highest BCUT2D eigenvalue weighted by Crippen LogP contribution is 1.86. The summed E-state index contributed by atoms with van der Waals surface area (Å²) >= 11 is 0. The van der Waals surface area contributed by atoms with Crippen molar-refractivity contribution >= 4 is 6.41 Å². The molecule has 1 N–H and O–H groups in total. The van der Waals surface area contributed by atoms with Gasteiger partial charge in [0, 0.05) is 6.54 Å². The number of amides is 1. The van der Waals surface area contributed by atoms with Crippen LogP contribution in [0.5, 0.6) is 0 Å². The number of hydrogen-bond acceptors (Lipinski definition) is 2. The fourth-order valence-corrected chi connectivity index (χ4v) is 0.354. The summed E-state index contributed by atoms with van der Waals surface area (Å²) in [4.78, 5) is 9.56. The maximum atomic E-state index is 9.56. The van der Waals surface area contributed by atoms with E-state index >= 15 is 0 Å². The van der Waals surface area contributed by atoms with Gasteiger partial charge in [-0.25, -0.2) is 5.06 Å². The third kappa shape index (κ3) is 3.61. The summed E-state index contributed by atoms with van der Waals surface area (Å²) in [6, 6.07) is 0. The van der Waals surface area contributed by atoms with Gasteiger partial charge in [-0.2, -0.15) is 0 Å². The molecule has 0 aliphatic heterocycles. The Labute approximate surface area is 48.9 Å². The van der Waals surface area contributed by atoms with E-state index in [4.69, 9.17) is 5.21 Å². The molecule has 47 valence electrons. The normalized spacial score (nSPS) is 8.75. The van der Waals surface area contributed by atoms with E-state index in [1.54, 1.807) is 0 Å². The zero-order valence-corrected chi connectivity index (χ0v) is 4.92. The summed E-state index contributed by atoms with van der Waals surface area (Å²) < 4.78 is 0. The largest absolute Gasteiger partial charge is 0.337 e. The SMILES string of the molecule is CCCCN(O)[C]=O. The van der Waals surface area contributed by atoms with Crippen LogP contribution in [0.25, 0.3) is 0 Å². The standard InChI is InChI=1S/C5H10NO2/c1-2-3-4-6(8)5-7/h8H,2-4H2,1H3. The second-order valence-corrected chi connectivity index (χ2v) is 1.57. The topological polar surface area (TPSA) is 40.5 Å². The summed E-state index contributed by atoms with van der Waals surface area (Å²) in [7, 11) is 0. The average Bonchev–Trinajstić information content (AvgIpc) is 1.83. The first kappa shape index (κ1) is 7.43. The Morgan fingerprint density at radius 1 is 1.75 bits per heavy atom. The van der Waals surface area contributed by atoms with E-state index in [1.807, 2.05) is 6.92 Å². The van der Waals surface area contributed by atoms with Gasteiger partial charge in [-0.15, -0.1) is 0 Å². The maximum absolute atomic E-state index is 9.56. The fourth-order valence-electron chi connectivity index (χ4n) is 0.354.